The van der Waals surface area contributed by atoms with Crippen LogP contribution in [0.2, 0.25) is 5.02 Å². The second-order valence-electron chi connectivity index (χ2n) is 3.82. The maximum absolute atomic E-state index is 10.8. The van der Waals surface area contributed by atoms with E-state index < -0.39 is 4.92 Å². The predicted octanol–water partition coefficient (Wildman–Crippen LogP) is 2.93. The molecule has 0 aliphatic heterocycles. The number of carbonyl (C=O) groups excluding carboxylic acids is 1. The Kier molecular flexibility index (Phi) is 3.96. The summed E-state index contributed by atoms with van der Waals surface area (Å²) in [5.74, 6) is -0.356. The van der Waals surface area contributed by atoms with Gasteiger partial charge in [-0.05, 0) is 23.0 Å². The van der Waals surface area contributed by atoms with Crippen LogP contribution in [0.15, 0.2) is 12.3 Å². The maximum atomic E-state index is 10.8. The van der Waals surface area contributed by atoms with Crippen molar-refractivity contribution in [1.82, 2.24) is 9.78 Å². The van der Waals surface area contributed by atoms with Gasteiger partial charge in [0.25, 0.3) is 0 Å². The first-order chi connectivity index (χ1) is 9.05. The number of hydrogen-bond acceptors (Lipinski definition) is 5. The van der Waals surface area contributed by atoms with Gasteiger partial charge in [-0.1, -0.05) is 18.5 Å². The van der Waals surface area contributed by atoms with E-state index in [0.29, 0.717) is 11.4 Å². The molecule has 0 aromatic carbocycles. The van der Waals surface area contributed by atoms with Gasteiger partial charge < -0.3 is 10.1 Å². The van der Waals surface area contributed by atoms with E-state index in [1.165, 1.54) is 22.2 Å². The van der Waals surface area contributed by atoms with Crippen LogP contribution in [0.5, 0.6) is 0 Å². The summed E-state index contributed by atoms with van der Waals surface area (Å²) in [5.41, 5.74) is 0.934. The molecule has 0 atom stereocenters. The summed E-state index contributed by atoms with van der Waals surface area (Å²) < 4.78 is 1.41. The van der Waals surface area contributed by atoms with Gasteiger partial charge in [-0.15, -0.1) is 11.3 Å². The third kappa shape index (κ3) is 2.82. The van der Waals surface area contributed by atoms with Gasteiger partial charge in [0.2, 0.25) is 0 Å². The Bertz CT molecular complexity index is 635. The summed E-state index contributed by atoms with van der Waals surface area (Å²) in [7, 11) is 0. The lowest BCUT2D eigenvalue weighted by atomic mass is 10.2. The Morgan fingerprint density at radius 3 is 2.89 bits per heavy atom. The zero-order chi connectivity index (χ0) is 14.0. The predicted molar refractivity (Wildman–Crippen MR) is 72.1 cm³/mol. The third-order valence-corrected chi connectivity index (χ3v) is 4.07. The molecule has 0 aliphatic rings. The molecule has 0 N–H and O–H groups in total. The van der Waals surface area contributed by atoms with Gasteiger partial charge in [0.05, 0.1) is 22.7 Å². The first-order valence-corrected chi connectivity index (χ1v) is 6.68. The van der Waals surface area contributed by atoms with Crippen LogP contribution in [0.1, 0.15) is 27.0 Å². The molecule has 8 heteroatoms. The fraction of sp³-hybridized carbons (Fsp3) is 0.273. The van der Waals surface area contributed by atoms with Gasteiger partial charge in [0, 0.05) is 4.88 Å². The molecule has 0 spiro atoms. The number of aryl methyl sites for hydroxylation is 1. The Balaban J connectivity index is 2.30. The van der Waals surface area contributed by atoms with E-state index in [1.807, 2.05) is 6.92 Å². The summed E-state index contributed by atoms with van der Waals surface area (Å²) in [5, 5.41) is 14.5. The number of aldehydes is 1. The van der Waals surface area contributed by atoms with Gasteiger partial charge in [-0.2, -0.15) is 4.68 Å². The highest BCUT2D eigenvalue weighted by Crippen LogP contribution is 2.25. The highest BCUT2D eigenvalue weighted by Gasteiger charge is 2.20. The maximum Gasteiger partial charge on any atom is 0.408 e. The van der Waals surface area contributed by atoms with Crippen molar-refractivity contribution in [2.24, 2.45) is 0 Å². The van der Waals surface area contributed by atoms with Crippen LogP contribution in [0.25, 0.3) is 0 Å². The molecule has 2 aromatic rings. The minimum atomic E-state index is -0.621. The first kappa shape index (κ1) is 13.7. The average Bonchev–Trinajstić information content (AvgIpc) is 2.93. The number of hydrogen-bond donors (Lipinski definition) is 0. The number of aromatic nitrogens is 2. The van der Waals surface area contributed by atoms with E-state index in [1.54, 1.807) is 6.07 Å². The fourth-order valence-electron chi connectivity index (χ4n) is 1.75. The van der Waals surface area contributed by atoms with Crippen molar-refractivity contribution >= 4 is 35.0 Å². The van der Waals surface area contributed by atoms with Gasteiger partial charge in [-0.3, -0.25) is 4.79 Å². The van der Waals surface area contributed by atoms with E-state index in [4.69, 9.17) is 11.6 Å². The summed E-state index contributed by atoms with van der Waals surface area (Å²) in [4.78, 5) is 22.5. The van der Waals surface area contributed by atoms with Crippen molar-refractivity contribution in [2.45, 2.75) is 19.9 Å². The van der Waals surface area contributed by atoms with Crippen LogP contribution in [0.4, 0.5) is 5.82 Å². The van der Waals surface area contributed by atoms with Crippen molar-refractivity contribution in [3.8, 4) is 0 Å². The van der Waals surface area contributed by atoms with E-state index in [-0.39, 0.29) is 10.8 Å². The Morgan fingerprint density at radius 2 is 2.37 bits per heavy atom. The van der Waals surface area contributed by atoms with Gasteiger partial charge in [0.15, 0.2) is 11.3 Å². The minimum Gasteiger partial charge on any atom is -0.358 e. The number of nitro groups is 1. The molecule has 100 valence electrons. The number of thiophene rings is 1. The van der Waals surface area contributed by atoms with E-state index >= 15 is 0 Å². The molecular weight excluding hydrogens is 290 g/mol. The highest BCUT2D eigenvalue weighted by molar-refractivity contribution is 7.13. The molecule has 0 saturated heterocycles. The van der Waals surface area contributed by atoms with Crippen LogP contribution in [-0.2, 0) is 13.0 Å². The van der Waals surface area contributed by atoms with Crippen molar-refractivity contribution in [3.05, 3.63) is 42.7 Å². The molecule has 2 heterocycles. The van der Waals surface area contributed by atoms with Gasteiger partial charge in [0.1, 0.15) is 0 Å². The van der Waals surface area contributed by atoms with Crippen LogP contribution in [-0.4, -0.2) is 21.0 Å². The molecule has 0 radical (unpaired) electrons. The smallest absolute Gasteiger partial charge is 0.358 e. The summed E-state index contributed by atoms with van der Waals surface area (Å²) >= 11 is 7.15. The summed E-state index contributed by atoms with van der Waals surface area (Å²) in [6.45, 7) is 2.35. The zero-order valence-electron chi connectivity index (χ0n) is 10.00. The van der Waals surface area contributed by atoms with Gasteiger partial charge >= 0.3 is 5.82 Å². The minimum absolute atomic E-state index is 0.00823. The molecule has 0 unspecified atom stereocenters. The Labute approximate surface area is 117 Å². The number of halogens is 1. The first-order valence-electron chi connectivity index (χ1n) is 5.49. The number of carbonyl (C=O) groups is 1. The van der Waals surface area contributed by atoms with Crippen molar-refractivity contribution in [3.63, 3.8) is 0 Å². The molecule has 0 bridgehead atoms. The topological polar surface area (TPSA) is 78.0 Å². The van der Waals surface area contributed by atoms with Crippen LogP contribution in [0, 0.1) is 10.1 Å². The zero-order valence-corrected chi connectivity index (χ0v) is 11.6. The molecule has 0 fully saturated rings. The van der Waals surface area contributed by atoms with Crippen molar-refractivity contribution in [1.29, 1.82) is 0 Å². The summed E-state index contributed by atoms with van der Waals surface area (Å²) in [6.07, 6.45) is 3.01. The SMILES string of the molecule is CCc1sc(C=O)cc1Cn1cc(Cl)c([N+](=O)[O-])n1. The highest BCUT2D eigenvalue weighted by atomic mass is 35.5. The molecule has 0 amide bonds. The lowest BCUT2D eigenvalue weighted by Gasteiger charge is -1.98. The van der Waals surface area contributed by atoms with E-state index in [0.717, 1.165) is 23.1 Å². The second kappa shape index (κ2) is 5.50. The van der Waals surface area contributed by atoms with Crippen LogP contribution < -0.4 is 0 Å². The molecule has 2 aromatic heterocycles. The van der Waals surface area contributed by atoms with E-state index in [2.05, 4.69) is 5.10 Å². The molecule has 2 rings (SSSR count). The van der Waals surface area contributed by atoms with Crippen LogP contribution >= 0.6 is 22.9 Å². The van der Waals surface area contributed by atoms with Gasteiger partial charge in [-0.25, -0.2) is 0 Å². The quantitative estimate of drug-likeness (QED) is 0.483. The largest absolute Gasteiger partial charge is 0.408 e. The standard InChI is InChI=1S/C11H10ClN3O3S/c1-2-10-7(3-8(6-16)19-10)4-14-5-9(12)11(13-14)15(17)18/h3,5-6H,2,4H2,1H3. The Morgan fingerprint density at radius 1 is 1.63 bits per heavy atom. The lowest BCUT2D eigenvalue weighted by Crippen LogP contribution is -2.02. The molecule has 19 heavy (non-hydrogen) atoms. The third-order valence-electron chi connectivity index (χ3n) is 2.56. The summed E-state index contributed by atoms with van der Waals surface area (Å²) in [6, 6.07) is 1.78. The van der Waals surface area contributed by atoms with Crippen LogP contribution in [0.3, 0.4) is 0 Å². The van der Waals surface area contributed by atoms with Crippen molar-refractivity contribution in [2.75, 3.05) is 0 Å². The monoisotopic (exact) mass is 299 g/mol. The molecule has 0 aliphatic carbocycles. The Hall–Kier alpha value is -1.73. The number of nitrogens with zero attached hydrogens (tertiary/aromatic N) is 3. The molecular formula is C11H10ClN3O3S. The van der Waals surface area contributed by atoms with E-state index in [9.17, 15) is 14.9 Å². The normalized spacial score (nSPS) is 10.6. The lowest BCUT2D eigenvalue weighted by molar-refractivity contribution is -0.389. The molecule has 6 nitrogen and oxygen atoms in total. The molecule has 0 saturated carbocycles. The van der Waals surface area contributed by atoms with Crippen molar-refractivity contribution < 1.29 is 9.72 Å². The second-order valence-corrected chi connectivity index (χ2v) is 5.40. The average molecular weight is 300 g/mol. The number of rotatable bonds is 5. The fourth-order valence-corrected chi connectivity index (χ4v) is 2.90.